The molecule has 0 bridgehead atoms. The monoisotopic (exact) mass is 207 g/mol. The minimum absolute atomic E-state index is 0.173. The Kier molecular flexibility index (Phi) is 3.61. The highest BCUT2D eigenvalue weighted by molar-refractivity contribution is 4.94. The fourth-order valence-electron chi connectivity index (χ4n) is 2.97. The van der Waals surface area contributed by atoms with Gasteiger partial charge in [-0.05, 0) is 45.7 Å². The van der Waals surface area contributed by atoms with E-state index in [1.54, 1.807) is 0 Å². The summed E-state index contributed by atoms with van der Waals surface area (Å²) < 4.78 is 0. The largest absolute Gasteiger partial charge is 0.312 e. The van der Waals surface area contributed by atoms with Crippen LogP contribution in [0.25, 0.3) is 0 Å². The van der Waals surface area contributed by atoms with Crippen LogP contribution in [0.3, 0.4) is 0 Å². The van der Waals surface area contributed by atoms with Crippen LogP contribution in [0.15, 0.2) is 0 Å². The van der Waals surface area contributed by atoms with Gasteiger partial charge in [-0.3, -0.25) is 4.90 Å². The zero-order chi connectivity index (χ0) is 10.7. The molecular formula is C12H21N3. The molecule has 15 heavy (non-hydrogen) atoms. The van der Waals surface area contributed by atoms with Gasteiger partial charge in [-0.2, -0.15) is 5.26 Å². The molecule has 2 saturated heterocycles. The van der Waals surface area contributed by atoms with Crippen molar-refractivity contribution >= 4 is 0 Å². The molecule has 0 saturated carbocycles. The highest BCUT2D eigenvalue weighted by Crippen LogP contribution is 2.25. The van der Waals surface area contributed by atoms with Crippen LogP contribution in [0.4, 0.5) is 0 Å². The first-order valence-corrected chi connectivity index (χ1v) is 6.18. The van der Waals surface area contributed by atoms with E-state index in [2.05, 4.69) is 16.3 Å². The molecule has 2 fully saturated rings. The second kappa shape index (κ2) is 4.96. The van der Waals surface area contributed by atoms with E-state index in [1.807, 2.05) is 6.92 Å². The molecule has 3 nitrogen and oxygen atoms in total. The normalized spacial score (nSPS) is 34.1. The standard InChI is InChI=1S/C12H21N3/c1-10(8-13)9-15-7-3-5-12(15)11-4-2-6-14-11/h10-12,14H,2-7,9H2,1H3. The maximum Gasteiger partial charge on any atom is 0.0666 e. The maximum absolute atomic E-state index is 8.85. The van der Waals surface area contributed by atoms with Gasteiger partial charge in [-0.1, -0.05) is 0 Å². The average molecular weight is 207 g/mol. The topological polar surface area (TPSA) is 39.1 Å². The van der Waals surface area contributed by atoms with Crippen LogP contribution in [0.5, 0.6) is 0 Å². The maximum atomic E-state index is 8.85. The summed E-state index contributed by atoms with van der Waals surface area (Å²) in [5.74, 6) is 0.173. The van der Waals surface area contributed by atoms with Crippen LogP contribution >= 0.6 is 0 Å². The average Bonchev–Trinajstić information content (AvgIpc) is 2.86. The van der Waals surface area contributed by atoms with E-state index >= 15 is 0 Å². The molecule has 3 atom stereocenters. The molecule has 0 amide bonds. The Balaban J connectivity index is 1.90. The Labute approximate surface area is 92.4 Å². The fourth-order valence-corrected chi connectivity index (χ4v) is 2.97. The first kappa shape index (κ1) is 10.9. The molecule has 84 valence electrons. The molecule has 1 N–H and O–H groups in total. The smallest absolute Gasteiger partial charge is 0.0666 e. The lowest BCUT2D eigenvalue weighted by Crippen LogP contribution is -2.45. The van der Waals surface area contributed by atoms with Gasteiger partial charge in [0.15, 0.2) is 0 Å². The van der Waals surface area contributed by atoms with E-state index in [4.69, 9.17) is 5.26 Å². The minimum atomic E-state index is 0.173. The SMILES string of the molecule is CC(C#N)CN1CCCC1C1CCCN1. The first-order chi connectivity index (χ1) is 7.31. The van der Waals surface area contributed by atoms with Crippen molar-refractivity contribution in [2.75, 3.05) is 19.6 Å². The molecule has 2 aliphatic rings. The minimum Gasteiger partial charge on any atom is -0.312 e. The van der Waals surface area contributed by atoms with Crippen LogP contribution in [0.1, 0.15) is 32.6 Å². The number of nitrogens with zero attached hydrogens (tertiary/aromatic N) is 2. The zero-order valence-electron chi connectivity index (χ0n) is 9.58. The Bertz CT molecular complexity index is 240. The first-order valence-electron chi connectivity index (χ1n) is 6.18. The van der Waals surface area contributed by atoms with Gasteiger partial charge in [0, 0.05) is 18.6 Å². The van der Waals surface area contributed by atoms with E-state index in [9.17, 15) is 0 Å². The summed E-state index contributed by atoms with van der Waals surface area (Å²) in [5, 5.41) is 12.4. The van der Waals surface area contributed by atoms with E-state index in [-0.39, 0.29) is 5.92 Å². The lowest BCUT2D eigenvalue weighted by Gasteiger charge is -2.30. The van der Waals surface area contributed by atoms with Gasteiger partial charge in [0.05, 0.1) is 12.0 Å². The van der Waals surface area contributed by atoms with Crippen molar-refractivity contribution in [3.63, 3.8) is 0 Å². The third-order valence-electron chi connectivity index (χ3n) is 3.71. The third kappa shape index (κ3) is 2.50. The number of rotatable bonds is 3. The summed E-state index contributed by atoms with van der Waals surface area (Å²) in [4.78, 5) is 2.52. The predicted octanol–water partition coefficient (Wildman–Crippen LogP) is 1.36. The second-order valence-corrected chi connectivity index (χ2v) is 4.94. The summed E-state index contributed by atoms with van der Waals surface area (Å²) >= 11 is 0. The summed E-state index contributed by atoms with van der Waals surface area (Å²) in [6, 6.07) is 3.73. The van der Waals surface area contributed by atoms with E-state index in [0.717, 1.165) is 6.54 Å². The Morgan fingerprint density at radius 2 is 2.33 bits per heavy atom. The van der Waals surface area contributed by atoms with Crippen LogP contribution in [-0.4, -0.2) is 36.6 Å². The highest BCUT2D eigenvalue weighted by atomic mass is 15.2. The molecule has 0 aromatic rings. The Hall–Kier alpha value is -0.590. The van der Waals surface area contributed by atoms with Gasteiger partial charge >= 0.3 is 0 Å². The van der Waals surface area contributed by atoms with E-state index < -0.39 is 0 Å². The fraction of sp³-hybridized carbons (Fsp3) is 0.917. The van der Waals surface area contributed by atoms with Crippen molar-refractivity contribution in [3.8, 4) is 6.07 Å². The van der Waals surface area contributed by atoms with Gasteiger partial charge in [-0.25, -0.2) is 0 Å². The van der Waals surface area contributed by atoms with Crippen molar-refractivity contribution in [2.24, 2.45) is 5.92 Å². The molecule has 0 aromatic heterocycles. The number of hydrogen-bond donors (Lipinski definition) is 1. The number of nitrogens with one attached hydrogen (secondary N) is 1. The van der Waals surface area contributed by atoms with Gasteiger partial charge < -0.3 is 5.32 Å². The van der Waals surface area contributed by atoms with Gasteiger partial charge in [0.1, 0.15) is 0 Å². The number of hydrogen-bond acceptors (Lipinski definition) is 3. The molecule has 2 heterocycles. The molecule has 2 rings (SSSR count). The lowest BCUT2D eigenvalue weighted by atomic mass is 10.0. The van der Waals surface area contributed by atoms with Crippen LogP contribution in [-0.2, 0) is 0 Å². The molecule has 0 spiro atoms. The zero-order valence-corrected chi connectivity index (χ0v) is 9.58. The van der Waals surface area contributed by atoms with Gasteiger partial charge in [-0.15, -0.1) is 0 Å². The molecule has 0 aromatic carbocycles. The van der Waals surface area contributed by atoms with Crippen molar-refractivity contribution in [1.82, 2.24) is 10.2 Å². The molecule has 3 unspecified atom stereocenters. The molecule has 3 heteroatoms. The van der Waals surface area contributed by atoms with E-state index in [1.165, 1.54) is 38.8 Å². The van der Waals surface area contributed by atoms with Gasteiger partial charge in [0.2, 0.25) is 0 Å². The second-order valence-electron chi connectivity index (χ2n) is 4.94. The summed E-state index contributed by atoms with van der Waals surface area (Å²) in [6.07, 6.45) is 5.27. The Morgan fingerprint density at radius 1 is 1.47 bits per heavy atom. The molecule has 2 aliphatic heterocycles. The van der Waals surface area contributed by atoms with Crippen LogP contribution < -0.4 is 5.32 Å². The van der Waals surface area contributed by atoms with E-state index in [0.29, 0.717) is 12.1 Å². The Morgan fingerprint density at radius 3 is 3.00 bits per heavy atom. The summed E-state index contributed by atoms with van der Waals surface area (Å²) in [5.41, 5.74) is 0. The molecule has 0 radical (unpaired) electrons. The quantitative estimate of drug-likeness (QED) is 0.759. The van der Waals surface area contributed by atoms with Gasteiger partial charge in [0.25, 0.3) is 0 Å². The number of nitriles is 1. The predicted molar refractivity (Wildman–Crippen MR) is 60.4 cm³/mol. The van der Waals surface area contributed by atoms with Crippen LogP contribution in [0.2, 0.25) is 0 Å². The van der Waals surface area contributed by atoms with Crippen molar-refractivity contribution in [3.05, 3.63) is 0 Å². The third-order valence-corrected chi connectivity index (χ3v) is 3.71. The van der Waals surface area contributed by atoms with Crippen LogP contribution in [0, 0.1) is 17.2 Å². The molecule has 0 aliphatic carbocycles. The van der Waals surface area contributed by atoms with Crippen molar-refractivity contribution in [1.29, 1.82) is 5.26 Å². The summed E-state index contributed by atoms with van der Waals surface area (Å²) in [6.45, 7) is 5.36. The van der Waals surface area contributed by atoms with Crippen molar-refractivity contribution < 1.29 is 0 Å². The molecular weight excluding hydrogens is 186 g/mol. The lowest BCUT2D eigenvalue weighted by molar-refractivity contribution is 0.201. The summed E-state index contributed by atoms with van der Waals surface area (Å²) in [7, 11) is 0. The van der Waals surface area contributed by atoms with Crippen molar-refractivity contribution in [2.45, 2.75) is 44.7 Å². The highest BCUT2D eigenvalue weighted by Gasteiger charge is 2.33. The number of likely N-dealkylation sites (tertiary alicyclic amines) is 1.